The second-order valence-electron chi connectivity index (χ2n) is 8.10. The molecule has 0 aromatic heterocycles. The largest absolute Gasteiger partial charge is 0.497 e. The molecule has 4 rings (SSSR count). The highest BCUT2D eigenvalue weighted by Crippen LogP contribution is 2.47. The number of benzene rings is 3. The van der Waals surface area contributed by atoms with Gasteiger partial charge < -0.3 is 9.64 Å². The Kier molecular flexibility index (Phi) is 6.26. The summed E-state index contributed by atoms with van der Waals surface area (Å²) in [6.45, 7) is 0.359. The summed E-state index contributed by atoms with van der Waals surface area (Å²) in [5.41, 5.74) is 1.41. The molecule has 0 unspecified atom stereocenters. The summed E-state index contributed by atoms with van der Waals surface area (Å²) in [6, 6.07) is 23.3. The van der Waals surface area contributed by atoms with Gasteiger partial charge in [-0.05, 0) is 47.9 Å². The summed E-state index contributed by atoms with van der Waals surface area (Å²) in [7, 11) is -1.96. The van der Waals surface area contributed by atoms with Crippen molar-refractivity contribution in [3.8, 4) is 18.1 Å². The van der Waals surface area contributed by atoms with Gasteiger partial charge in [-0.15, -0.1) is 12.3 Å². The molecule has 0 radical (unpaired) electrons. The molecule has 3 aromatic carbocycles. The number of para-hydroxylation sites is 1. The molecular formula is C27H25NO4S. The first kappa shape index (κ1) is 22.6. The number of hydrogen-bond acceptors (Lipinski definition) is 4. The lowest BCUT2D eigenvalue weighted by Crippen LogP contribution is -2.41. The molecule has 1 aliphatic heterocycles. The van der Waals surface area contributed by atoms with Gasteiger partial charge in [0.25, 0.3) is 0 Å². The van der Waals surface area contributed by atoms with E-state index in [-0.39, 0.29) is 29.4 Å². The number of carbonyl (C=O) groups is 1. The SMILES string of the molecule is C#CC[C@@]1(CCS(=O)(=O)c2ccccc2)C(=O)N(Cc2ccc(OC)cc2)c2ccccc21. The highest BCUT2D eigenvalue weighted by Gasteiger charge is 2.50. The van der Waals surface area contributed by atoms with Crippen LogP contribution in [0.2, 0.25) is 0 Å². The van der Waals surface area contributed by atoms with Gasteiger partial charge in [-0.3, -0.25) is 4.79 Å². The average Bonchev–Trinajstić information content (AvgIpc) is 3.07. The van der Waals surface area contributed by atoms with Crippen LogP contribution in [0.25, 0.3) is 0 Å². The second kappa shape index (κ2) is 9.13. The first-order chi connectivity index (χ1) is 15.9. The van der Waals surface area contributed by atoms with E-state index >= 15 is 0 Å². The molecule has 168 valence electrons. The quantitative estimate of drug-likeness (QED) is 0.470. The van der Waals surface area contributed by atoms with E-state index in [4.69, 9.17) is 11.2 Å². The second-order valence-corrected chi connectivity index (χ2v) is 10.2. The summed E-state index contributed by atoms with van der Waals surface area (Å²) < 4.78 is 31.2. The Balaban J connectivity index is 1.69. The van der Waals surface area contributed by atoms with Crippen LogP contribution in [0.15, 0.2) is 83.8 Å². The standard InChI is InChI=1S/C27H25NO4S/c1-3-17-27(18-19-33(30,31)23-9-5-4-6-10-23)24-11-7-8-12-25(24)28(26(27)29)20-21-13-15-22(32-2)16-14-21/h1,4-16H,17-20H2,2H3/t27-/m0/s1. The fourth-order valence-electron chi connectivity index (χ4n) is 4.40. The highest BCUT2D eigenvalue weighted by molar-refractivity contribution is 7.91. The lowest BCUT2D eigenvalue weighted by atomic mass is 9.76. The van der Waals surface area contributed by atoms with Crippen molar-refractivity contribution < 1.29 is 17.9 Å². The minimum atomic E-state index is -3.57. The zero-order valence-electron chi connectivity index (χ0n) is 18.4. The number of rotatable bonds is 8. The molecule has 0 fully saturated rings. The maximum atomic E-state index is 13.9. The summed E-state index contributed by atoms with van der Waals surface area (Å²) in [5.74, 6) is 3.04. The van der Waals surface area contributed by atoms with Gasteiger partial charge in [0, 0.05) is 12.1 Å². The Morgan fingerprint density at radius 2 is 1.64 bits per heavy atom. The topological polar surface area (TPSA) is 63.7 Å². The van der Waals surface area contributed by atoms with Crippen LogP contribution in [-0.2, 0) is 26.6 Å². The van der Waals surface area contributed by atoms with Crippen LogP contribution >= 0.6 is 0 Å². The van der Waals surface area contributed by atoms with Gasteiger partial charge in [-0.2, -0.15) is 0 Å². The van der Waals surface area contributed by atoms with Crippen molar-refractivity contribution in [1.29, 1.82) is 0 Å². The lowest BCUT2D eigenvalue weighted by Gasteiger charge is -2.27. The molecular weight excluding hydrogens is 434 g/mol. The molecule has 0 saturated carbocycles. The predicted molar refractivity (Wildman–Crippen MR) is 129 cm³/mol. The third kappa shape index (κ3) is 4.24. The molecule has 0 aliphatic carbocycles. The Morgan fingerprint density at radius 3 is 2.30 bits per heavy atom. The van der Waals surface area contributed by atoms with Gasteiger partial charge in [0.05, 0.1) is 29.7 Å². The number of nitrogens with zero attached hydrogens (tertiary/aromatic N) is 1. The number of ether oxygens (including phenoxy) is 1. The van der Waals surface area contributed by atoms with E-state index in [1.807, 2.05) is 48.5 Å². The molecule has 0 bridgehead atoms. The van der Waals surface area contributed by atoms with Crippen molar-refractivity contribution >= 4 is 21.4 Å². The number of amides is 1. The van der Waals surface area contributed by atoms with Crippen molar-refractivity contribution in [1.82, 2.24) is 0 Å². The Morgan fingerprint density at radius 1 is 0.970 bits per heavy atom. The number of sulfone groups is 1. The van der Waals surface area contributed by atoms with E-state index in [2.05, 4.69) is 5.92 Å². The number of terminal acetylenes is 1. The first-order valence-electron chi connectivity index (χ1n) is 10.7. The smallest absolute Gasteiger partial charge is 0.239 e. The van der Waals surface area contributed by atoms with E-state index in [1.165, 1.54) is 0 Å². The number of anilines is 1. The number of methoxy groups -OCH3 is 1. The van der Waals surface area contributed by atoms with Crippen LogP contribution in [-0.4, -0.2) is 27.2 Å². The van der Waals surface area contributed by atoms with E-state index in [1.54, 1.807) is 42.3 Å². The zero-order chi connectivity index (χ0) is 23.5. The molecule has 0 N–H and O–H groups in total. The van der Waals surface area contributed by atoms with Crippen LogP contribution in [0.4, 0.5) is 5.69 Å². The van der Waals surface area contributed by atoms with E-state index in [0.717, 1.165) is 22.6 Å². The highest BCUT2D eigenvalue weighted by atomic mass is 32.2. The molecule has 1 atom stereocenters. The monoisotopic (exact) mass is 459 g/mol. The minimum Gasteiger partial charge on any atom is -0.497 e. The molecule has 5 nitrogen and oxygen atoms in total. The van der Waals surface area contributed by atoms with Crippen LogP contribution in [0.3, 0.4) is 0 Å². The van der Waals surface area contributed by atoms with E-state index in [0.29, 0.717) is 6.54 Å². The Bertz CT molecular complexity index is 1290. The Hall–Kier alpha value is -3.56. The van der Waals surface area contributed by atoms with Crippen LogP contribution < -0.4 is 9.64 Å². The minimum absolute atomic E-state index is 0.114. The summed E-state index contributed by atoms with van der Waals surface area (Å²) >= 11 is 0. The summed E-state index contributed by atoms with van der Waals surface area (Å²) in [5, 5.41) is 0. The maximum absolute atomic E-state index is 13.9. The third-order valence-electron chi connectivity index (χ3n) is 6.17. The normalized spacial score (nSPS) is 17.5. The predicted octanol–water partition coefficient (Wildman–Crippen LogP) is 4.37. The summed E-state index contributed by atoms with van der Waals surface area (Å²) in [6.07, 6.45) is 5.95. The molecule has 0 spiro atoms. The number of fused-ring (bicyclic) bond motifs is 1. The van der Waals surface area contributed by atoms with E-state index in [9.17, 15) is 13.2 Å². The summed E-state index contributed by atoms with van der Waals surface area (Å²) in [4.78, 5) is 15.8. The Labute approximate surface area is 194 Å². The molecule has 1 amide bonds. The lowest BCUT2D eigenvalue weighted by molar-refractivity contribution is -0.123. The van der Waals surface area contributed by atoms with Gasteiger partial charge >= 0.3 is 0 Å². The molecule has 0 saturated heterocycles. The fraction of sp³-hybridized carbons (Fsp3) is 0.222. The molecule has 3 aromatic rings. The number of carbonyl (C=O) groups excluding carboxylic acids is 1. The fourth-order valence-corrected chi connectivity index (χ4v) is 5.82. The average molecular weight is 460 g/mol. The van der Waals surface area contributed by atoms with Crippen LogP contribution in [0.1, 0.15) is 24.0 Å². The van der Waals surface area contributed by atoms with Crippen molar-refractivity contribution in [3.05, 3.63) is 90.0 Å². The maximum Gasteiger partial charge on any atom is 0.239 e. The first-order valence-corrected chi connectivity index (χ1v) is 12.3. The van der Waals surface area contributed by atoms with Crippen molar-refractivity contribution in [2.75, 3.05) is 17.8 Å². The number of hydrogen-bond donors (Lipinski definition) is 0. The molecule has 1 aliphatic rings. The molecule has 6 heteroatoms. The van der Waals surface area contributed by atoms with Gasteiger partial charge in [0.2, 0.25) is 5.91 Å². The van der Waals surface area contributed by atoms with Crippen LogP contribution in [0.5, 0.6) is 5.75 Å². The van der Waals surface area contributed by atoms with E-state index < -0.39 is 15.3 Å². The van der Waals surface area contributed by atoms with Crippen molar-refractivity contribution in [2.45, 2.75) is 29.7 Å². The molecule has 33 heavy (non-hydrogen) atoms. The van der Waals surface area contributed by atoms with Gasteiger partial charge in [0.1, 0.15) is 5.75 Å². The van der Waals surface area contributed by atoms with Gasteiger partial charge in [-0.25, -0.2) is 8.42 Å². The van der Waals surface area contributed by atoms with Gasteiger partial charge in [-0.1, -0.05) is 48.5 Å². The third-order valence-corrected chi connectivity index (χ3v) is 7.90. The molecule has 1 heterocycles. The van der Waals surface area contributed by atoms with Crippen molar-refractivity contribution in [3.63, 3.8) is 0 Å². The zero-order valence-corrected chi connectivity index (χ0v) is 19.2. The van der Waals surface area contributed by atoms with Gasteiger partial charge in [0.15, 0.2) is 9.84 Å². The van der Waals surface area contributed by atoms with Crippen molar-refractivity contribution in [2.24, 2.45) is 0 Å². The van der Waals surface area contributed by atoms with Crippen LogP contribution in [0, 0.1) is 12.3 Å².